The summed E-state index contributed by atoms with van der Waals surface area (Å²) in [6.07, 6.45) is 9.91. The lowest BCUT2D eigenvalue weighted by Gasteiger charge is -2.38. The van der Waals surface area contributed by atoms with Crippen LogP contribution in [0.4, 0.5) is 0 Å². The summed E-state index contributed by atoms with van der Waals surface area (Å²) in [6, 6.07) is 0. The summed E-state index contributed by atoms with van der Waals surface area (Å²) in [6.45, 7) is 23.8. The highest BCUT2D eigenvalue weighted by Crippen LogP contribution is 2.32. The molecule has 1 saturated carbocycles. The van der Waals surface area contributed by atoms with Crippen molar-refractivity contribution in [1.82, 2.24) is 5.48 Å². The van der Waals surface area contributed by atoms with Crippen molar-refractivity contribution in [1.29, 1.82) is 0 Å². The van der Waals surface area contributed by atoms with Gasteiger partial charge in [-0.15, -0.1) is 6.58 Å². The minimum atomic E-state index is -0.824. The van der Waals surface area contributed by atoms with Gasteiger partial charge in [-0.25, -0.2) is 5.48 Å². The summed E-state index contributed by atoms with van der Waals surface area (Å²) in [5.41, 5.74) is 7.92. The Bertz CT molecular complexity index is 582. The summed E-state index contributed by atoms with van der Waals surface area (Å²) < 4.78 is 0. The molecule has 5 nitrogen and oxygen atoms in total. The standard InChI is InChI=1S/C13H24N2O2.C13H24O.C2H6/c1-6-7-11(12(16)15-17)13(14,10(4)5)8-9(2)3;1-4-10(2)11(3)13(14)9-12-7-5-6-8-12;1-2/h6,9,11,17H,1,4,7-8,14H2,2-3,5H3,(H,15,16);10-12H,4-9H2,1-3H3;1-2H3/t11-,13-;;/m1../s1. The molecule has 33 heavy (non-hydrogen) atoms. The molecular weight excluding hydrogens is 412 g/mol. The number of hydroxylamine groups is 1. The predicted octanol–water partition coefficient (Wildman–Crippen LogP) is 6.85. The van der Waals surface area contributed by atoms with Gasteiger partial charge in [-0.05, 0) is 37.5 Å². The number of allylic oxidation sites excluding steroid dienone is 1. The van der Waals surface area contributed by atoms with E-state index in [0.29, 0.717) is 36.4 Å². The van der Waals surface area contributed by atoms with E-state index in [1.165, 1.54) is 25.7 Å². The van der Waals surface area contributed by atoms with Crippen LogP contribution in [0, 0.1) is 29.6 Å². The van der Waals surface area contributed by atoms with E-state index >= 15 is 0 Å². The summed E-state index contributed by atoms with van der Waals surface area (Å²) >= 11 is 0. The second-order valence-corrected chi connectivity index (χ2v) is 9.97. The van der Waals surface area contributed by atoms with E-state index in [2.05, 4.69) is 33.9 Å². The average molecular weight is 467 g/mol. The maximum absolute atomic E-state index is 11.9. The van der Waals surface area contributed by atoms with Gasteiger partial charge in [-0.3, -0.25) is 14.8 Å². The van der Waals surface area contributed by atoms with Crippen LogP contribution in [0.1, 0.15) is 107 Å². The van der Waals surface area contributed by atoms with Crippen LogP contribution < -0.4 is 11.2 Å². The molecule has 4 atom stereocenters. The van der Waals surface area contributed by atoms with Gasteiger partial charge in [0.15, 0.2) is 0 Å². The number of rotatable bonds is 12. The average Bonchev–Trinajstić information content (AvgIpc) is 3.29. The number of hydrogen-bond acceptors (Lipinski definition) is 4. The van der Waals surface area contributed by atoms with Gasteiger partial charge in [-0.2, -0.15) is 0 Å². The zero-order chi connectivity index (χ0) is 26.2. The lowest BCUT2D eigenvalue weighted by atomic mass is 9.72. The summed E-state index contributed by atoms with van der Waals surface area (Å²) in [7, 11) is 0. The molecule has 0 aromatic rings. The highest BCUT2D eigenvalue weighted by molar-refractivity contribution is 5.81. The second-order valence-electron chi connectivity index (χ2n) is 9.97. The van der Waals surface area contributed by atoms with Gasteiger partial charge < -0.3 is 5.73 Å². The molecule has 194 valence electrons. The molecule has 4 N–H and O–H groups in total. The van der Waals surface area contributed by atoms with Crippen molar-refractivity contribution in [3.8, 4) is 0 Å². The van der Waals surface area contributed by atoms with Gasteiger partial charge in [0, 0.05) is 17.9 Å². The van der Waals surface area contributed by atoms with Crippen molar-refractivity contribution in [3.63, 3.8) is 0 Å². The van der Waals surface area contributed by atoms with Crippen LogP contribution in [0.5, 0.6) is 0 Å². The molecule has 0 aromatic carbocycles. The Morgan fingerprint density at radius 2 is 1.70 bits per heavy atom. The molecule has 5 heteroatoms. The fourth-order valence-corrected chi connectivity index (χ4v) is 4.44. The largest absolute Gasteiger partial charge is 0.321 e. The van der Waals surface area contributed by atoms with Crippen LogP contribution in [0.3, 0.4) is 0 Å². The van der Waals surface area contributed by atoms with E-state index < -0.39 is 17.4 Å². The van der Waals surface area contributed by atoms with E-state index in [-0.39, 0.29) is 5.92 Å². The molecule has 1 rings (SSSR count). The maximum Gasteiger partial charge on any atom is 0.248 e. The third-order valence-electron chi connectivity index (χ3n) is 6.96. The molecule has 0 spiro atoms. The highest BCUT2D eigenvalue weighted by Gasteiger charge is 2.40. The molecule has 0 heterocycles. The van der Waals surface area contributed by atoms with Gasteiger partial charge in [0.25, 0.3) is 0 Å². The summed E-state index contributed by atoms with van der Waals surface area (Å²) in [5.74, 6) is 1.35. The Kier molecular flexibility index (Phi) is 18.3. The van der Waals surface area contributed by atoms with Crippen LogP contribution >= 0.6 is 0 Å². The zero-order valence-corrected chi connectivity index (χ0v) is 22.9. The number of hydrogen-bond donors (Lipinski definition) is 3. The highest BCUT2D eigenvalue weighted by atomic mass is 16.5. The molecule has 1 fully saturated rings. The number of carbonyl (C=O) groups is 2. The van der Waals surface area contributed by atoms with Gasteiger partial charge in [-0.1, -0.05) is 98.8 Å². The van der Waals surface area contributed by atoms with Gasteiger partial charge in [0.1, 0.15) is 5.78 Å². The minimum absolute atomic E-state index is 0.278. The second kappa shape index (κ2) is 17.9. The van der Waals surface area contributed by atoms with Gasteiger partial charge in [0.05, 0.1) is 5.92 Å². The smallest absolute Gasteiger partial charge is 0.248 e. The molecule has 0 bridgehead atoms. The monoisotopic (exact) mass is 466 g/mol. The Labute approximate surface area is 204 Å². The molecule has 0 aromatic heterocycles. The topological polar surface area (TPSA) is 92.4 Å². The molecule has 0 aliphatic heterocycles. The number of carbonyl (C=O) groups excluding carboxylic acids is 2. The minimum Gasteiger partial charge on any atom is -0.321 e. The molecule has 1 aliphatic carbocycles. The molecule has 2 unspecified atom stereocenters. The third kappa shape index (κ3) is 12.0. The van der Waals surface area contributed by atoms with Crippen LogP contribution in [0.25, 0.3) is 0 Å². The number of ketones is 1. The number of nitrogens with one attached hydrogen (secondary N) is 1. The summed E-state index contributed by atoms with van der Waals surface area (Å²) in [4.78, 5) is 23.6. The summed E-state index contributed by atoms with van der Waals surface area (Å²) in [5, 5.41) is 8.79. The van der Waals surface area contributed by atoms with Crippen molar-refractivity contribution >= 4 is 11.7 Å². The first kappa shape index (κ1) is 33.7. The van der Waals surface area contributed by atoms with Crippen LogP contribution in [0.2, 0.25) is 0 Å². The van der Waals surface area contributed by atoms with E-state index in [4.69, 9.17) is 10.9 Å². The normalized spacial score (nSPS) is 17.9. The van der Waals surface area contributed by atoms with E-state index in [1.807, 2.05) is 34.6 Å². The Morgan fingerprint density at radius 3 is 2.06 bits per heavy atom. The number of nitrogens with two attached hydrogens (primary N) is 1. The first-order valence-corrected chi connectivity index (χ1v) is 13.0. The van der Waals surface area contributed by atoms with Crippen LogP contribution in [-0.2, 0) is 9.59 Å². The quantitative estimate of drug-likeness (QED) is 0.167. The van der Waals surface area contributed by atoms with Crippen molar-refractivity contribution in [2.24, 2.45) is 35.3 Å². The molecule has 0 radical (unpaired) electrons. The fourth-order valence-electron chi connectivity index (χ4n) is 4.44. The Balaban J connectivity index is 0. The SMILES string of the molecule is C=CC[C@H](C(=O)NO)[C@@](N)(CC(C)C)C(=C)C.CC.CCC(C)C(C)C(=O)CC1CCCC1. The van der Waals surface area contributed by atoms with Crippen molar-refractivity contribution < 1.29 is 14.8 Å². The van der Waals surface area contributed by atoms with Crippen molar-refractivity contribution in [2.75, 3.05) is 0 Å². The van der Waals surface area contributed by atoms with Crippen molar-refractivity contribution in [2.45, 2.75) is 112 Å². The first-order chi connectivity index (χ1) is 15.4. The molecular formula is C28H54N2O3. The van der Waals surface area contributed by atoms with E-state index in [0.717, 1.165) is 18.4 Å². The Hall–Kier alpha value is -1.46. The maximum atomic E-state index is 11.9. The van der Waals surface area contributed by atoms with Crippen LogP contribution in [-0.4, -0.2) is 22.4 Å². The molecule has 0 saturated heterocycles. The molecule has 1 aliphatic rings. The first-order valence-electron chi connectivity index (χ1n) is 13.0. The number of amides is 1. The third-order valence-corrected chi connectivity index (χ3v) is 6.96. The zero-order valence-electron chi connectivity index (χ0n) is 22.9. The Morgan fingerprint density at radius 1 is 1.18 bits per heavy atom. The molecule has 1 amide bonds. The predicted molar refractivity (Wildman–Crippen MR) is 141 cm³/mol. The van der Waals surface area contributed by atoms with Crippen molar-refractivity contribution in [3.05, 3.63) is 24.8 Å². The number of Topliss-reactive ketones (excluding diaryl/α,β-unsaturated/α-hetero) is 1. The van der Waals surface area contributed by atoms with Gasteiger partial charge >= 0.3 is 0 Å². The fraction of sp³-hybridized carbons (Fsp3) is 0.786. The lowest BCUT2D eigenvalue weighted by Crippen LogP contribution is -2.54. The van der Waals surface area contributed by atoms with Crippen LogP contribution in [0.15, 0.2) is 24.8 Å². The van der Waals surface area contributed by atoms with Gasteiger partial charge in [0.2, 0.25) is 5.91 Å². The van der Waals surface area contributed by atoms with E-state index in [1.54, 1.807) is 11.6 Å². The van der Waals surface area contributed by atoms with E-state index in [9.17, 15) is 9.59 Å². The lowest BCUT2D eigenvalue weighted by molar-refractivity contribution is -0.135.